The highest BCUT2D eigenvalue weighted by Gasteiger charge is 2.39. The van der Waals surface area contributed by atoms with E-state index in [1.165, 1.54) is 11.0 Å². The van der Waals surface area contributed by atoms with Crippen LogP contribution in [-0.4, -0.2) is 79.6 Å². The highest BCUT2D eigenvalue weighted by Crippen LogP contribution is 2.34. The number of fused-ring (bicyclic) bond motifs is 1. The summed E-state index contributed by atoms with van der Waals surface area (Å²) in [4.78, 5) is 29.5. The Labute approximate surface area is 217 Å². The third kappa shape index (κ3) is 7.11. The Morgan fingerprint density at radius 3 is 2.68 bits per heavy atom. The van der Waals surface area contributed by atoms with Gasteiger partial charge in [0.25, 0.3) is 5.91 Å². The molecule has 2 fully saturated rings. The molecule has 37 heavy (non-hydrogen) atoms. The van der Waals surface area contributed by atoms with E-state index in [1.54, 1.807) is 13.2 Å². The smallest absolute Gasteiger partial charge is 0.410 e. The summed E-state index contributed by atoms with van der Waals surface area (Å²) >= 11 is 0. The maximum Gasteiger partial charge on any atom is 0.410 e. The molecule has 2 aromatic rings. The molecule has 9 heteroatoms. The van der Waals surface area contributed by atoms with Crippen molar-refractivity contribution in [3.05, 3.63) is 41.7 Å². The molecular weight excluding hydrogens is 479 g/mol. The molecule has 1 atom stereocenters. The highest BCUT2D eigenvalue weighted by molar-refractivity contribution is 5.90. The molecule has 1 saturated heterocycles. The number of nitrogens with zero attached hydrogens (tertiary/aromatic N) is 2. The van der Waals surface area contributed by atoms with E-state index in [-0.39, 0.29) is 30.9 Å². The lowest BCUT2D eigenvalue weighted by atomic mass is 10.0. The molecule has 4 rings (SSSR count). The zero-order valence-corrected chi connectivity index (χ0v) is 22.1. The van der Waals surface area contributed by atoms with Crippen molar-refractivity contribution in [2.45, 2.75) is 64.3 Å². The lowest BCUT2D eigenvalue weighted by Crippen LogP contribution is -2.53. The number of carbonyl (C=O) groups excluding carboxylic acids is 2. The van der Waals surface area contributed by atoms with Gasteiger partial charge in [0.1, 0.15) is 17.2 Å². The first kappa shape index (κ1) is 27.1. The second kappa shape index (κ2) is 11.6. The van der Waals surface area contributed by atoms with Crippen LogP contribution in [0.2, 0.25) is 0 Å². The van der Waals surface area contributed by atoms with Gasteiger partial charge in [-0.25, -0.2) is 9.18 Å². The summed E-state index contributed by atoms with van der Waals surface area (Å²) in [5, 5.41) is 1.14. The number of rotatable bonds is 9. The average molecular weight is 517 g/mol. The first-order valence-electron chi connectivity index (χ1n) is 12.9. The van der Waals surface area contributed by atoms with Crippen molar-refractivity contribution in [2.24, 2.45) is 0 Å². The van der Waals surface area contributed by atoms with Crippen LogP contribution < -0.4 is 4.74 Å². The molecular formula is C28H37FN2O6. The summed E-state index contributed by atoms with van der Waals surface area (Å²) in [6.45, 7) is 7.51. The van der Waals surface area contributed by atoms with Crippen molar-refractivity contribution >= 4 is 22.8 Å². The summed E-state index contributed by atoms with van der Waals surface area (Å²) in [6, 6.07) is 8.76. The molecule has 0 aromatic heterocycles. The Kier molecular flexibility index (Phi) is 8.54. The number of hydrogen-bond donors (Lipinski definition) is 0. The van der Waals surface area contributed by atoms with E-state index in [1.807, 2.05) is 43.9 Å². The molecule has 0 radical (unpaired) electrons. The maximum absolute atomic E-state index is 14.7. The van der Waals surface area contributed by atoms with Crippen molar-refractivity contribution < 1.29 is 32.9 Å². The van der Waals surface area contributed by atoms with Crippen molar-refractivity contribution in [3.63, 3.8) is 0 Å². The van der Waals surface area contributed by atoms with Crippen molar-refractivity contribution in [3.8, 4) is 5.75 Å². The van der Waals surface area contributed by atoms with Gasteiger partial charge in [0.15, 0.2) is 6.10 Å². The molecule has 0 unspecified atom stereocenters. The summed E-state index contributed by atoms with van der Waals surface area (Å²) in [5.74, 6) is -0.0497. The molecule has 0 spiro atoms. The Hall–Kier alpha value is -2.91. The van der Waals surface area contributed by atoms with Gasteiger partial charge >= 0.3 is 6.09 Å². The van der Waals surface area contributed by atoms with Gasteiger partial charge in [-0.05, 0) is 62.8 Å². The van der Waals surface area contributed by atoms with Crippen LogP contribution in [0.5, 0.6) is 5.75 Å². The van der Waals surface area contributed by atoms with Crippen LogP contribution in [0, 0.1) is 5.82 Å². The number of benzene rings is 2. The number of morpholine rings is 1. The Morgan fingerprint density at radius 2 is 1.97 bits per heavy atom. The SMILES string of the molecule is COCCCOc1cc(CN(C(=O)[C@H]2CN(C(=O)OC(C)(C)C)CCO2)C2CC2)cc2cccc(F)c12. The molecule has 2 aliphatic rings. The number of methoxy groups -OCH3 is 1. The largest absolute Gasteiger partial charge is 0.493 e. The van der Waals surface area contributed by atoms with Gasteiger partial charge in [0.05, 0.1) is 25.1 Å². The van der Waals surface area contributed by atoms with Crippen molar-refractivity contribution in [1.82, 2.24) is 9.80 Å². The highest BCUT2D eigenvalue weighted by atomic mass is 19.1. The normalized spacial score (nSPS) is 18.1. The van der Waals surface area contributed by atoms with Gasteiger partial charge < -0.3 is 28.7 Å². The number of halogens is 1. The monoisotopic (exact) mass is 516 g/mol. The van der Waals surface area contributed by atoms with Crippen LogP contribution in [-0.2, 0) is 25.5 Å². The van der Waals surface area contributed by atoms with Gasteiger partial charge in [-0.2, -0.15) is 0 Å². The molecule has 2 aromatic carbocycles. The average Bonchev–Trinajstić information content (AvgIpc) is 3.69. The minimum Gasteiger partial charge on any atom is -0.493 e. The Morgan fingerprint density at radius 1 is 1.19 bits per heavy atom. The van der Waals surface area contributed by atoms with Gasteiger partial charge in [-0.15, -0.1) is 0 Å². The Bertz CT molecular complexity index is 1110. The fraction of sp³-hybridized carbons (Fsp3) is 0.571. The first-order valence-corrected chi connectivity index (χ1v) is 12.9. The van der Waals surface area contributed by atoms with Crippen LogP contribution in [0.4, 0.5) is 9.18 Å². The van der Waals surface area contributed by atoms with Gasteiger partial charge in [-0.3, -0.25) is 4.79 Å². The molecule has 0 N–H and O–H groups in total. The number of amides is 2. The van der Waals surface area contributed by atoms with E-state index in [9.17, 15) is 14.0 Å². The number of ether oxygens (including phenoxy) is 4. The second-order valence-corrected chi connectivity index (χ2v) is 10.6. The molecule has 0 bridgehead atoms. The zero-order valence-electron chi connectivity index (χ0n) is 22.1. The van der Waals surface area contributed by atoms with E-state index >= 15 is 0 Å². The molecule has 1 saturated carbocycles. The van der Waals surface area contributed by atoms with E-state index < -0.39 is 17.8 Å². The second-order valence-electron chi connectivity index (χ2n) is 10.6. The molecule has 202 valence electrons. The third-order valence-corrected chi connectivity index (χ3v) is 6.32. The maximum atomic E-state index is 14.7. The third-order valence-electron chi connectivity index (χ3n) is 6.32. The predicted molar refractivity (Wildman–Crippen MR) is 137 cm³/mol. The number of hydrogen-bond acceptors (Lipinski definition) is 6. The van der Waals surface area contributed by atoms with Crippen LogP contribution in [0.15, 0.2) is 30.3 Å². The van der Waals surface area contributed by atoms with E-state index in [0.717, 1.165) is 18.4 Å². The van der Waals surface area contributed by atoms with E-state index in [4.69, 9.17) is 18.9 Å². The summed E-state index contributed by atoms with van der Waals surface area (Å²) in [7, 11) is 1.63. The predicted octanol–water partition coefficient (Wildman–Crippen LogP) is 4.52. The minimum absolute atomic E-state index is 0.113. The zero-order chi connectivity index (χ0) is 26.6. The quantitative estimate of drug-likeness (QED) is 0.456. The Balaban J connectivity index is 1.52. The van der Waals surface area contributed by atoms with Gasteiger partial charge in [-0.1, -0.05) is 12.1 Å². The standard InChI is InChI=1S/C28H37FN2O6/c1-28(2,3)37-27(33)30-11-14-36-24(18-30)26(32)31(21-9-10-21)17-19-15-20-7-5-8-22(29)25(20)23(16-19)35-13-6-12-34-4/h5,7-8,15-16,21,24H,6,9-14,17-18H2,1-4H3/t24-/m1/s1. The fourth-order valence-corrected chi connectivity index (χ4v) is 4.44. The summed E-state index contributed by atoms with van der Waals surface area (Å²) in [5.41, 5.74) is 0.230. The number of carbonyl (C=O) groups is 2. The first-order chi connectivity index (χ1) is 17.7. The lowest BCUT2D eigenvalue weighted by Gasteiger charge is -2.36. The summed E-state index contributed by atoms with van der Waals surface area (Å²) in [6.07, 6.45) is 1.30. The van der Waals surface area contributed by atoms with Crippen LogP contribution >= 0.6 is 0 Å². The van der Waals surface area contributed by atoms with E-state index in [2.05, 4.69) is 0 Å². The summed E-state index contributed by atoms with van der Waals surface area (Å²) < 4.78 is 37.0. The topological polar surface area (TPSA) is 77.5 Å². The molecule has 1 heterocycles. The molecule has 8 nitrogen and oxygen atoms in total. The minimum atomic E-state index is -0.760. The van der Waals surface area contributed by atoms with Gasteiger partial charge in [0.2, 0.25) is 0 Å². The van der Waals surface area contributed by atoms with Crippen LogP contribution in [0.25, 0.3) is 10.8 Å². The van der Waals surface area contributed by atoms with Crippen LogP contribution in [0.3, 0.4) is 0 Å². The van der Waals surface area contributed by atoms with E-state index in [0.29, 0.717) is 49.2 Å². The van der Waals surface area contributed by atoms with Crippen LogP contribution in [0.1, 0.15) is 45.6 Å². The molecule has 1 aliphatic heterocycles. The lowest BCUT2D eigenvalue weighted by molar-refractivity contribution is -0.150. The fourth-order valence-electron chi connectivity index (χ4n) is 4.44. The van der Waals surface area contributed by atoms with Crippen molar-refractivity contribution in [2.75, 3.05) is 40.0 Å². The molecule has 2 amide bonds. The molecule has 1 aliphatic carbocycles. The van der Waals surface area contributed by atoms with Gasteiger partial charge in [0, 0.05) is 39.3 Å². The van der Waals surface area contributed by atoms with Crippen molar-refractivity contribution in [1.29, 1.82) is 0 Å².